The summed E-state index contributed by atoms with van der Waals surface area (Å²) in [7, 11) is 3.18. The van der Waals surface area contributed by atoms with Gasteiger partial charge in [0.1, 0.15) is 0 Å². The van der Waals surface area contributed by atoms with Gasteiger partial charge in [0.05, 0.1) is 6.54 Å². The van der Waals surface area contributed by atoms with Crippen molar-refractivity contribution in [3.05, 3.63) is 56.7 Å². The minimum Gasteiger partial charge on any atom is -0.342 e. The number of hydrogen-bond acceptors (Lipinski definition) is 4. The number of nitrogens with zero attached hydrogens (tertiary/aromatic N) is 5. The van der Waals surface area contributed by atoms with Gasteiger partial charge < -0.3 is 4.90 Å². The fourth-order valence-corrected chi connectivity index (χ4v) is 3.51. The number of imidazole rings is 1. The minimum atomic E-state index is -0.352. The summed E-state index contributed by atoms with van der Waals surface area (Å²) in [6.45, 7) is 2.40. The van der Waals surface area contributed by atoms with E-state index in [1.807, 2.05) is 34.9 Å². The van der Waals surface area contributed by atoms with Gasteiger partial charge in [-0.05, 0) is 18.4 Å². The Balaban J connectivity index is 2.01. The van der Waals surface area contributed by atoms with Crippen molar-refractivity contribution in [1.29, 1.82) is 0 Å². The van der Waals surface area contributed by atoms with Gasteiger partial charge in [0, 0.05) is 27.2 Å². The second-order valence-electron chi connectivity index (χ2n) is 6.56. The molecule has 0 aliphatic carbocycles. The molecule has 0 saturated carbocycles. The normalized spacial score (nSPS) is 14.6. The monoisotopic (exact) mass is 339 g/mol. The lowest BCUT2D eigenvalue weighted by Gasteiger charge is -2.18. The highest BCUT2D eigenvalue weighted by atomic mass is 16.2. The van der Waals surface area contributed by atoms with Crippen LogP contribution in [0.4, 0.5) is 5.95 Å². The summed E-state index contributed by atoms with van der Waals surface area (Å²) < 4.78 is 4.56. The first-order valence-corrected chi connectivity index (χ1v) is 8.53. The molecule has 4 rings (SSSR count). The first-order chi connectivity index (χ1) is 12.1. The quantitative estimate of drug-likeness (QED) is 0.716. The molecule has 25 heavy (non-hydrogen) atoms. The lowest BCUT2D eigenvalue weighted by Crippen LogP contribution is -2.37. The van der Waals surface area contributed by atoms with Crippen molar-refractivity contribution in [1.82, 2.24) is 18.7 Å². The van der Waals surface area contributed by atoms with Crippen LogP contribution in [0.25, 0.3) is 11.2 Å². The number of rotatable bonds is 3. The second kappa shape index (κ2) is 5.91. The van der Waals surface area contributed by atoms with Crippen LogP contribution < -0.4 is 16.1 Å². The maximum Gasteiger partial charge on any atom is 0.332 e. The third-order valence-electron chi connectivity index (χ3n) is 4.90. The molecule has 7 nitrogen and oxygen atoms in total. The number of benzene rings is 1. The molecule has 3 heterocycles. The van der Waals surface area contributed by atoms with Crippen molar-refractivity contribution in [2.24, 2.45) is 14.1 Å². The number of aryl methyl sites for hydroxylation is 1. The number of hydrogen-bond donors (Lipinski definition) is 0. The average Bonchev–Trinajstić information content (AvgIpc) is 3.27. The Labute approximate surface area is 144 Å². The summed E-state index contributed by atoms with van der Waals surface area (Å²) >= 11 is 0. The number of anilines is 1. The van der Waals surface area contributed by atoms with Crippen LogP contribution in [0.1, 0.15) is 18.4 Å². The van der Waals surface area contributed by atoms with E-state index in [-0.39, 0.29) is 11.2 Å². The van der Waals surface area contributed by atoms with Gasteiger partial charge >= 0.3 is 5.69 Å². The third kappa shape index (κ3) is 2.47. The topological polar surface area (TPSA) is 65.1 Å². The SMILES string of the molecule is Cn1c(=O)c2c(nc(N3CCCC3)n2Cc2ccccc2)n(C)c1=O. The third-order valence-corrected chi connectivity index (χ3v) is 4.90. The maximum atomic E-state index is 12.8. The molecule has 1 aromatic carbocycles. The molecule has 2 aromatic heterocycles. The number of fused-ring (bicyclic) bond motifs is 1. The van der Waals surface area contributed by atoms with Crippen molar-refractivity contribution in [2.75, 3.05) is 18.0 Å². The molecule has 0 radical (unpaired) electrons. The molecule has 0 unspecified atom stereocenters. The largest absolute Gasteiger partial charge is 0.342 e. The van der Waals surface area contributed by atoms with Crippen LogP contribution in [0.2, 0.25) is 0 Å². The van der Waals surface area contributed by atoms with E-state index in [9.17, 15) is 9.59 Å². The van der Waals surface area contributed by atoms with Crippen molar-refractivity contribution in [2.45, 2.75) is 19.4 Å². The summed E-state index contributed by atoms with van der Waals surface area (Å²) in [4.78, 5) is 32.0. The zero-order valence-corrected chi connectivity index (χ0v) is 14.5. The summed E-state index contributed by atoms with van der Waals surface area (Å²) in [6.07, 6.45) is 2.23. The molecule has 0 bridgehead atoms. The summed E-state index contributed by atoms with van der Waals surface area (Å²) in [5.74, 6) is 0.773. The van der Waals surface area contributed by atoms with E-state index in [2.05, 4.69) is 4.90 Å². The van der Waals surface area contributed by atoms with Crippen LogP contribution in [0, 0.1) is 0 Å². The molecule has 0 spiro atoms. The lowest BCUT2D eigenvalue weighted by molar-refractivity contribution is 0.701. The molecular weight excluding hydrogens is 318 g/mol. The van der Waals surface area contributed by atoms with Gasteiger partial charge in [0.2, 0.25) is 5.95 Å². The van der Waals surface area contributed by atoms with Gasteiger partial charge in [0.15, 0.2) is 11.2 Å². The second-order valence-corrected chi connectivity index (χ2v) is 6.56. The zero-order chi connectivity index (χ0) is 17.6. The van der Waals surface area contributed by atoms with Crippen LogP contribution in [0.3, 0.4) is 0 Å². The fourth-order valence-electron chi connectivity index (χ4n) is 3.51. The molecule has 0 atom stereocenters. The molecule has 0 amide bonds. The molecule has 1 aliphatic heterocycles. The Kier molecular flexibility index (Phi) is 3.71. The van der Waals surface area contributed by atoms with E-state index >= 15 is 0 Å². The van der Waals surface area contributed by atoms with Gasteiger partial charge in [-0.25, -0.2) is 4.79 Å². The van der Waals surface area contributed by atoms with E-state index < -0.39 is 0 Å². The molecule has 0 N–H and O–H groups in total. The van der Waals surface area contributed by atoms with Crippen LogP contribution >= 0.6 is 0 Å². The van der Waals surface area contributed by atoms with Gasteiger partial charge in [-0.3, -0.25) is 18.5 Å². The standard InChI is InChI=1S/C18H21N5O2/c1-20-15-14(16(24)21(2)18(20)25)23(12-13-8-4-3-5-9-13)17(19-15)22-10-6-7-11-22/h3-5,8-9H,6-7,10-12H2,1-2H3. The lowest BCUT2D eigenvalue weighted by atomic mass is 10.2. The molecule has 7 heteroatoms. The average molecular weight is 339 g/mol. The zero-order valence-electron chi connectivity index (χ0n) is 14.5. The molecule has 1 fully saturated rings. The van der Waals surface area contributed by atoms with Gasteiger partial charge in [-0.1, -0.05) is 30.3 Å². The Hall–Kier alpha value is -2.83. The van der Waals surface area contributed by atoms with E-state index in [1.54, 1.807) is 7.05 Å². The molecule has 1 saturated heterocycles. The minimum absolute atomic E-state index is 0.299. The van der Waals surface area contributed by atoms with Crippen LogP contribution in [0.5, 0.6) is 0 Å². The summed E-state index contributed by atoms with van der Waals surface area (Å²) in [6, 6.07) is 10.0. The Morgan fingerprint density at radius 2 is 1.68 bits per heavy atom. The van der Waals surface area contributed by atoms with Crippen LogP contribution in [-0.2, 0) is 20.6 Å². The van der Waals surface area contributed by atoms with E-state index in [0.29, 0.717) is 17.7 Å². The maximum absolute atomic E-state index is 12.8. The van der Waals surface area contributed by atoms with Crippen molar-refractivity contribution in [3.8, 4) is 0 Å². The number of aromatic nitrogens is 4. The Morgan fingerprint density at radius 3 is 2.36 bits per heavy atom. The predicted molar refractivity (Wildman–Crippen MR) is 97.2 cm³/mol. The molecule has 3 aromatic rings. The first kappa shape index (κ1) is 15.7. The molecule has 1 aliphatic rings. The highest BCUT2D eigenvalue weighted by molar-refractivity contribution is 5.74. The van der Waals surface area contributed by atoms with Crippen molar-refractivity contribution >= 4 is 17.1 Å². The predicted octanol–water partition coefficient (Wildman–Crippen LogP) is 1.08. The van der Waals surface area contributed by atoms with E-state index in [4.69, 9.17) is 4.98 Å². The van der Waals surface area contributed by atoms with Crippen molar-refractivity contribution in [3.63, 3.8) is 0 Å². The molecule has 130 valence electrons. The summed E-state index contributed by atoms with van der Waals surface area (Å²) in [5.41, 5.74) is 1.38. The highest BCUT2D eigenvalue weighted by Gasteiger charge is 2.24. The first-order valence-electron chi connectivity index (χ1n) is 8.53. The fraction of sp³-hybridized carbons (Fsp3) is 0.389. The van der Waals surface area contributed by atoms with Crippen LogP contribution in [-0.4, -0.2) is 31.8 Å². The van der Waals surface area contributed by atoms with E-state index in [0.717, 1.165) is 42.0 Å². The summed E-state index contributed by atoms with van der Waals surface area (Å²) in [5, 5.41) is 0. The molecular formula is C18H21N5O2. The van der Waals surface area contributed by atoms with Gasteiger partial charge in [-0.2, -0.15) is 4.98 Å². The van der Waals surface area contributed by atoms with Crippen molar-refractivity contribution < 1.29 is 0 Å². The van der Waals surface area contributed by atoms with E-state index in [1.165, 1.54) is 11.6 Å². The Morgan fingerprint density at radius 1 is 1.00 bits per heavy atom. The Bertz CT molecular complexity index is 1040. The van der Waals surface area contributed by atoms with Crippen LogP contribution in [0.15, 0.2) is 39.9 Å². The smallest absolute Gasteiger partial charge is 0.332 e. The highest BCUT2D eigenvalue weighted by Crippen LogP contribution is 2.24. The van der Waals surface area contributed by atoms with Gasteiger partial charge in [-0.15, -0.1) is 0 Å². The van der Waals surface area contributed by atoms with Gasteiger partial charge in [0.25, 0.3) is 5.56 Å².